The van der Waals surface area contributed by atoms with E-state index in [2.05, 4.69) is 20.8 Å². The van der Waals surface area contributed by atoms with Crippen LogP contribution in [0.2, 0.25) is 0 Å². The molecule has 0 unspecified atom stereocenters. The Bertz CT molecular complexity index is 1120. The second-order valence-electron chi connectivity index (χ2n) is 6.62. The van der Waals surface area contributed by atoms with Gasteiger partial charge in [0.25, 0.3) is 0 Å². The Balaban J connectivity index is 1.47. The summed E-state index contributed by atoms with van der Waals surface area (Å²) in [5.74, 6) is -0.562. The molecule has 1 heterocycles. The third-order valence-electron chi connectivity index (χ3n) is 4.36. The Morgan fingerprint density at radius 2 is 1.61 bits per heavy atom. The summed E-state index contributed by atoms with van der Waals surface area (Å²) in [6.45, 7) is 0.646. The van der Waals surface area contributed by atoms with Crippen LogP contribution in [0.15, 0.2) is 89.3 Å². The van der Waals surface area contributed by atoms with E-state index in [0.29, 0.717) is 21.7 Å². The lowest BCUT2D eigenvalue weighted by molar-refractivity contribution is -0.115. The summed E-state index contributed by atoms with van der Waals surface area (Å²) in [5, 5.41) is 14.7. The Morgan fingerprint density at radius 3 is 2.32 bits per heavy atom. The summed E-state index contributed by atoms with van der Waals surface area (Å²) in [5.41, 5.74) is 2.53. The minimum absolute atomic E-state index is 0.211. The molecule has 2 N–H and O–H groups in total. The second kappa shape index (κ2) is 10.2. The van der Waals surface area contributed by atoms with Crippen LogP contribution in [0.1, 0.15) is 16.4 Å². The van der Waals surface area contributed by atoms with E-state index in [0.717, 1.165) is 11.1 Å². The van der Waals surface area contributed by atoms with Crippen molar-refractivity contribution in [2.45, 2.75) is 16.1 Å². The molecule has 0 radical (unpaired) electrons. The van der Waals surface area contributed by atoms with Crippen molar-refractivity contribution in [1.82, 2.24) is 10.2 Å². The third kappa shape index (κ3) is 5.90. The fourth-order valence-corrected chi connectivity index (χ4v) is 4.78. The molecule has 1 aromatic heterocycles. The zero-order valence-electron chi connectivity index (χ0n) is 16.4. The highest BCUT2D eigenvalue weighted by Crippen LogP contribution is 2.38. The minimum atomic E-state index is -0.527. The molecular formula is C23H19FN4OS2. The Kier molecular flexibility index (Phi) is 6.91. The molecule has 1 amide bonds. The number of hydrogen-bond donors (Lipinski definition) is 2. The molecule has 1 atom stereocenters. The number of anilines is 2. The number of aromatic nitrogens is 2. The minimum Gasteiger partial charge on any atom is -0.356 e. The normalized spacial score (nSPS) is 11.6. The van der Waals surface area contributed by atoms with Crippen molar-refractivity contribution >= 4 is 39.8 Å². The molecule has 4 aromatic rings. The van der Waals surface area contributed by atoms with Crippen LogP contribution in [0.3, 0.4) is 0 Å². The maximum absolute atomic E-state index is 13.2. The van der Waals surface area contributed by atoms with E-state index in [1.54, 1.807) is 0 Å². The second-order valence-corrected chi connectivity index (χ2v) is 8.95. The molecule has 0 saturated heterocycles. The molecule has 0 aliphatic carbocycles. The zero-order chi connectivity index (χ0) is 21.5. The van der Waals surface area contributed by atoms with Crippen molar-refractivity contribution in [3.8, 4) is 0 Å². The number of halogens is 1. The topological polar surface area (TPSA) is 66.9 Å². The van der Waals surface area contributed by atoms with Gasteiger partial charge in [-0.25, -0.2) is 4.39 Å². The average Bonchev–Trinajstić information content (AvgIpc) is 3.26. The summed E-state index contributed by atoms with van der Waals surface area (Å²) in [6, 6.07) is 25.2. The Morgan fingerprint density at radius 1 is 0.935 bits per heavy atom. The highest BCUT2D eigenvalue weighted by atomic mass is 32.2. The van der Waals surface area contributed by atoms with E-state index < -0.39 is 5.25 Å². The van der Waals surface area contributed by atoms with E-state index in [1.165, 1.54) is 47.4 Å². The van der Waals surface area contributed by atoms with Crippen LogP contribution in [0.4, 0.5) is 15.2 Å². The van der Waals surface area contributed by atoms with Gasteiger partial charge in [-0.1, -0.05) is 83.8 Å². The number of benzene rings is 3. The van der Waals surface area contributed by atoms with Gasteiger partial charge in [-0.3, -0.25) is 4.79 Å². The largest absolute Gasteiger partial charge is 0.356 e. The van der Waals surface area contributed by atoms with Gasteiger partial charge in [0.05, 0.1) is 0 Å². The first-order chi connectivity index (χ1) is 15.2. The summed E-state index contributed by atoms with van der Waals surface area (Å²) < 4.78 is 13.9. The van der Waals surface area contributed by atoms with Crippen LogP contribution >= 0.6 is 23.1 Å². The van der Waals surface area contributed by atoms with Crippen LogP contribution in [0.25, 0.3) is 0 Å². The fraction of sp³-hybridized carbons (Fsp3) is 0.0870. The number of nitrogens with one attached hydrogen (secondary N) is 2. The van der Waals surface area contributed by atoms with Gasteiger partial charge in [0.15, 0.2) is 4.34 Å². The van der Waals surface area contributed by atoms with E-state index >= 15 is 0 Å². The van der Waals surface area contributed by atoms with E-state index in [1.807, 2.05) is 60.7 Å². The molecule has 156 valence electrons. The van der Waals surface area contributed by atoms with Gasteiger partial charge >= 0.3 is 0 Å². The fourth-order valence-electron chi connectivity index (χ4n) is 2.84. The molecule has 0 aliphatic heterocycles. The van der Waals surface area contributed by atoms with Crippen LogP contribution in [-0.2, 0) is 11.3 Å². The predicted octanol–water partition coefficient (Wildman–Crippen LogP) is 5.76. The number of carbonyl (C=O) groups excluding carboxylic acids is 1. The maximum Gasteiger partial charge on any atom is 0.242 e. The summed E-state index contributed by atoms with van der Waals surface area (Å²) in [7, 11) is 0. The molecule has 31 heavy (non-hydrogen) atoms. The lowest BCUT2D eigenvalue weighted by Gasteiger charge is -2.15. The highest BCUT2D eigenvalue weighted by Gasteiger charge is 2.24. The summed E-state index contributed by atoms with van der Waals surface area (Å²) in [6.07, 6.45) is 0. The molecule has 5 nitrogen and oxygen atoms in total. The van der Waals surface area contributed by atoms with Gasteiger partial charge in [-0.15, -0.1) is 10.2 Å². The molecule has 4 rings (SSSR count). The van der Waals surface area contributed by atoms with Crippen LogP contribution in [0.5, 0.6) is 0 Å². The number of carbonyl (C=O) groups is 1. The smallest absolute Gasteiger partial charge is 0.242 e. The standard InChI is InChI=1S/C23H19FN4OS2/c24-18-11-13-19(14-12-18)26-21(29)20(17-9-5-2-6-10-17)30-23-28-27-22(31-23)25-15-16-7-3-1-4-8-16/h1-14,20H,15H2,(H,25,27)(H,26,29)/t20-/m0/s1. The van der Waals surface area contributed by atoms with Gasteiger partial charge in [0.1, 0.15) is 11.1 Å². The van der Waals surface area contributed by atoms with Crippen molar-refractivity contribution in [3.05, 3.63) is 102 Å². The molecule has 8 heteroatoms. The SMILES string of the molecule is O=C(Nc1ccc(F)cc1)[C@@H](Sc1nnc(NCc2ccccc2)s1)c1ccccc1. The van der Waals surface area contributed by atoms with Crippen LogP contribution < -0.4 is 10.6 Å². The van der Waals surface area contributed by atoms with Crippen molar-refractivity contribution < 1.29 is 9.18 Å². The van der Waals surface area contributed by atoms with Gasteiger partial charge in [0.2, 0.25) is 11.0 Å². The van der Waals surface area contributed by atoms with Crippen molar-refractivity contribution in [2.24, 2.45) is 0 Å². The quantitative estimate of drug-likeness (QED) is 0.334. The van der Waals surface area contributed by atoms with Crippen LogP contribution in [0, 0.1) is 5.82 Å². The van der Waals surface area contributed by atoms with Crippen molar-refractivity contribution in [2.75, 3.05) is 10.6 Å². The molecule has 0 saturated carbocycles. The molecule has 0 spiro atoms. The number of hydrogen-bond acceptors (Lipinski definition) is 6. The van der Waals surface area contributed by atoms with E-state index in [-0.39, 0.29) is 11.7 Å². The van der Waals surface area contributed by atoms with Gasteiger partial charge in [0, 0.05) is 12.2 Å². The summed E-state index contributed by atoms with van der Waals surface area (Å²) in [4.78, 5) is 13.0. The Labute approximate surface area is 187 Å². The molecule has 0 aliphatic rings. The first-order valence-corrected chi connectivity index (χ1v) is 11.3. The molecule has 3 aromatic carbocycles. The Hall–Kier alpha value is -3.23. The third-order valence-corrected chi connectivity index (χ3v) is 6.58. The van der Waals surface area contributed by atoms with Gasteiger partial charge in [-0.2, -0.15) is 0 Å². The first kappa shape index (κ1) is 21.0. The van der Waals surface area contributed by atoms with Crippen LogP contribution in [-0.4, -0.2) is 16.1 Å². The zero-order valence-corrected chi connectivity index (χ0v) is 18.0. The van der Waals surface area contributed by atoms with Gasteiger partial charge < -0.3 is 10.6 Å². The average molecular weight is 451 g/mol. The first-order valence-electron chi connectivity index (χ1n) is 9.57. The molecular weight excluding hydrogens is 431 g/mol. The maximum atomic E-state index is 13.2. The number of nitrogens with zero attached hydrogens (tertiary/aromatic N) is 2. The number of rotatable bonds is 8. The van der Waals surface area contributed by atoms with Gasteiger partial charge in [-0.05, 0) is 35.4 Å². The van der Waals surface area contributed by atoms with E-state index in [9.17, 15) is 9.18 Å². The van der Waals surface area contributed by atoms with Crippen molar-refractivity contribution in [3.63, 3.8) is 0 Å². The summed E-state index contributed by atoms with van der Waals surface area (Å²) >= 11 is 2.73. The van der Waals surface area contributed by atoms with Crippen molar-refractivity contribution in [1.29, 1.82) is 0 Å². The molecule has 0 bridgehead atoms. The number of amides is 1. The highest BCUT2D eigenvalue weighted by molar-refractivity contribution is 8.02. The monoisotopic (exact) mass is 450 g/mol. The lowest BCUT2D eigenvalue weighted by Crippen LogP contribution is -2.19. The van der Waals surface area contributed by atoms with E-state index in [4.69, 9.17) is 0 Å². The molecule has 0 fully saturated rings. The number of thioether (sulfide) groups is 1. The lowest BCUT2D eigenvalue weighted by atomic mass is 10.1. The predicted molar refractivity (Wildman–Crippen MR) is 124 cm³/mol.